The van der Waals surface area contributed by atoms with E-state index in [2.05, 4.69) is 57.7 Å². The van der Waals surface area contributed by atoms with E-state index < -0.39 is 0 Å². The van der Waals surface area contributed by atoms with Crippen LogP contribution in [0.2, 0.25) is 5.02 Å². The Kier molecular flexibility index (Phi) is 3.86. The van der Waals surface area contributed by atoms with Gasteiger partial charge in [0.2, 0.25) is 0 Å². The molecule has 0 saturated carbocycles. The van der Waals surface area contributed by atoms with E-state index in [1.54, 1.807) is 7.11 Å². The summed E-state index contributed by atoms with van der Waals surface area (Å²) in [5.74, 6) is 1.65. The fourth-order valence-corrected chi connectivity index (χ4v) is 4.54. The van der Waals surface area contributed by atoms with Gasteiger partial charge in [0.1, 0.15) is 5.75 Å². The lowest BCUT2D eigenvalue weighted by Gasteiger charge is -2.38. The van der Waals surface area contributed by atoms with Crippen molar-refractivity contribution in [3.63, 3.8) is 0 Å². The lowest BCUT2D eigenvalue weighted by Crippen LogP contribution is -2.29. The molecular weight excluding hydrogens is 374 g/mol. The van der Waals surface area contributed by atoms with E-state index in [0.29, 0.717) is 11.8 Å². The largest absolute Gasteiger partial charge is 0.495 e. The Morgan fingerprint density at radius 3 is 2.91 bits per heavy atom. The summed E-state index contributed by atoms with van der Waals surface area (Å²) in [5, 5.41) is 4.51. The summed E-state index contributed by atoms with van der Waals surface area (Å²) in [7, 11) is 1.70. The van der Waals surface area contributed by atoms with Gasteiger partial charge in [0, 0.05) is 21.0 Å². The van der Waals surface area contributed by atoms with Crippen LogP contribution in [0.5, 0.6) is 5.75 Å². The molecule has 4 heteroatoms. The second-order valence-electron chi connectivity index (χ2n) is 6.07. The molecule has 3 atom stereocenters. The van der Waals surface area contributed by atoms with E-state index in [1.807, 2.05) is 12.1 Å². The molecule has 1 heterocycles. The van der Waals surface area contributed by atoms with Crippen molar-refractivity contribution in [2.75, 3.05) is 12.4 Å². The van der Waals surface area contributed by atoms with Gasteiger partial charge in [-0.05, 0) is 42.2 Å². The molecule has 1 aliphatic carbocycles. The molecule has 0 saturated heterocycles. The van der Waals surface area contributed by atoms with Crippen molar-refractivity contribution < 1.29 is 4.74 Å². The zero-order valence-electron chi connectivity index (χ0n) is 12.7. The summed E-state index contributed by atoms with van der Waals surface area (Å²) >= 11 is 10.1. The number of hydrogen-bond donors (Lipinski definition) is 1. The summed E-state index contributed by atoms with van der Waals surface area (Å²) < 4.78 is 6.67. The number of rotatable bonds is 2. The number of anilines is 1. The number of allylic oxidation sites excluding steroid dienone is 2. The molecule has 23 heavy (non-hydrogen) atoms. The first-order valence-electron chi connectivity index (χ1n) is 7.74. The summed E-state index contributed by atoms with van der Waals surface area (Å²) in [6.45, 7) is 0. The highest BCUT2D eigenvalue weighted by Crippen LogP contribution is 2.54. The van der Waals surface area contributed by atoms with Crippen molar-refractivity contribution in [3.05, 3.63) is 69.2 Å². The van der Waals surface area contributed by atoms with Crippen molar-refractivity contribution >= 4 is 33.2 Å². The predicted octanol–water partition coefficient (Wildman–Crippen LogP) is 5.94. The Morgan fingerprint density at radius 2 is 2.13 bits per heavy atom. The fraction of sp³-hybridized carbons (Fsp3) is 0.263. The third kappa shape index (κ3) is 2.47. The second kappa shape index (κ2) is 5.88. The topological polar surface area (TPSA) is 21.3 Å². The zero-order chi connectivity index (χ0) is 16.0. The fourth-order valence-electron chi connectivity index (χ4n) is 3.84. The number of methoxy groups -OCH3 is 1. The minimum absolute atomic E-state index is 0.243. The van der Waals surface area contributed by atoms with Crippen LogP contribution in [0.4, 0.5) is 5.69 Å². The first-order valence-corrected chi connectivity index (χ1v) is 8.91. The lowest BCUT2D eigenvalue weighted by atomic mass is 9.77. The third-order valence-corrected chi connectivity index (χ3v) is 5.68. The molecule has 0 radical (unpaired) electrons. The Bertz CT molecular complexity index is 789. The van der Waals surface area contributed by atoms with Crippen LogP contribution in [0.1, 0.15) is 29.5 Å². The molecule has 1 aliphatic heterocycles. The first kappa shape index (κ1) is 15.1. The van der Waals surface area contributed by atoms with Crippen LogP contribution in [-0.2, 0) is 0 Å². The predicted molar refractivity (Wildman–Crippen MR) is 98.5 cm³/mol. The van der Waals surface area contributed by atoms with E-state index in [9.17, 15) is 0 Å². The van der Waals surface area contributed by atoms with Crippen LogP contribution in [-0.4, -0.2) is 7.11 Å². The molecule has 118 valence electrons. The Hall–Kier alpha value is -1.45. The van der Waals surface area contributed by atoms with E-state index >= 15 is 0 Å². The van der Waals surface area contributed by atoms with Gasteiger partial charge in [-0.1, -0.05) is 51.8 Å². The maximum absolute atomic E-state index is 6.52. The monoisotopic (exact) mass is 389 g/mol. The Labute approximate surface area is 149 Å². The molecule has 4 rings (SSSR count). The first-order chi connectivity index (χ1) is 11.2. The highest BCUT2D eigenvalue weighted by atomic mass is 79.9. The van der Waals surface area contributed by atoms with E-state index in [-0.39, 0.29) is 6.04 Å². The molecule has 0 unspecified atom stereocenters. The molecular formula is C19H17BrClNO. The molecule has 2 nitrogen and oxygen atoms in total. The van der Waals surface area contributed by atoms with E-state index in [0.717, 1.165) is 32.9 Å². The quantitative estimate of drug-likeness (QED) is 0.641. The molecule has 0 spiro atoms. The number of ether oxygens (including phenoxy) is 1. The van der Waals surface area contributed by atoms with Gasteiger partial charge >= 0.3 is 0 Å². The summed E-state index contributed by atoms with van der Waals surface area (Å²) in [6.07, 6.45) is 5.62. The molecule has 1 N–H and O–H groups in total. The molecule has 2 aromatic carbocycles. The van der Waals surface area contributed by atoms with E-state index in [1.165, 1.54) is 5.56 Å². The van der Waals surface area contributed by atoms with Crippen LogP contribution in [0, 0.1) is 5.92 Å². The number of benzene rings is 2. The lowest BCUT2D eigenvalue weighted by molar-refractivity contribution is 0.397. The van der Waals surface area contributed by atoms with Gasteiger partial charge in [-0.15, -0.1) is 0 Å². The smallest absolute Gasteiger partial charge is 0.142 e. The summed E-state index contributed by atoms with van der Waals surface area (Å²) in [4.78, 5) is 0. The van der Waals surface area contributed by atoms with Crippen LogP contribution in [0.3, 0.4) is 0 Å². The summed E-state index contributed by atoms with van der Waals surface area (Å²) in [5.41, 5.74) is 3.47. The van der Waals surface area contributed by atoms with Crippen LogP contribution in [0.15, 0.2) is 53.0 Å². The van der Waals surface area contributed by atoms with Gasteiger partial charge in [0.05, 0.1) is 18.8 Å². The van der Waals surface area contributed by atoms with Crippen molar-refractivity contribution in [2.45, 2.75) is 18.4 Å². The molecule has 2 aliphatic rings. The van der Waals surface area contributed by atoms with Crippen molar-refractivity contribution in [1.29, 1.82) is 0 Å². The highest BCUT2D eigenvalue weighted by molar-refractivity contribution is 9.10. The highest BCUT2D eigenvalue weighted by Gasteiger charge is 2.40. The normalized spacial score (nSPS) is 24.7. The number of hydrogen-bond acceptors (Lipinski definition) is 2. The van der Waals surface area contributed by atoms with Crippen LogP contribution < -0.4 is 10.1 Å². The Morgan fingerprint density at radius 1 is 1.26 bits per heavy atom. The molecule has 0 bridgehead atoms. The number of fused-ring (bicyclic) bond motifs is 3. The van der Waals surface area contributed by atoms with Gasteiger partial charge in [0.15, 0.2) is 0 Å². The molecule has 0 aromatic heterocycles. The SMILES string of the molecule is COc1ccc(Cl)c2c1N[C@H](c1cccc(Br)c1)[C@@H]1CC=C[C@@H]21. The molecule has 0 amide bonds. The third-order valence-electron chi connectivity index (χ3n) is 4.86. The van der Waals surface area contributed by atoms with E-state index in [4.69, 9.17) is 16.3 Å². The second-order valence-corrected chi connectivity index (χ2v) is 7.39. The zero-order valence-corrected chi connectivity index (χ0v) is 15.1. The maximum Gasteiger partial charge on any atom is 0.142 e. The van der Waals surface area contributed by atoms with Crippen LogP contribution >= 0.6 is 27.5 Å². The minimum atomic E-state index is 0.243. The van der Waals surface area contributed by atoms with Crippen molar-refractivity contribution in [2.24, 2.45) is 5.92 Å². The maximum atomic E-state index is 6.52. The Balaban J connectivity index is 1.86. The average Bonchev–Trinajstić information content (AvgIpc) is 3.03. The van der Waals surface area contributed by atoms with Gasteiger partial charge < -0.3 is 10.1 Å². The number of nitrogens with one attached hydrogen (secondary N) is 1. The number of halogens is 2. The molecule has 2 aromatic rings. The van der Waals surface area contributed by atoms with Gasteiger partial charge in [0.25, 0.3) is 0 Å². The summed E-state index contributed by atoms with van der Waals surface area (Å²) in [6, 6.07) is 12.6. The van der Waals surface area contributed by atoms with Crippen molar-refractivity contribution in [1.82, 2.24) is 0 Å². The standard InChI is InChI=1S/C19H17BrClNO/c1-23-16-9-8-15(21)17-13-6-3-7-14(13)18(22-19(16)17)11-4-2-5-12(20)10-11/h2-6,8-10,13-14,18,22H,7H2,1H3/t13-,14-,18-/m1/s1. The average molecular weight is 391 g/mol. The van der Waals surface area contributed by atoms with Gasteiger partial charge in [-0.25, -0.2) is 0 Å². The van der Waals surface area contributed by atoms with Crippen molar-refractivity contribution in [3.8, 4) is 5.75 Å². The van der Waals surface area contributed by atoms with Crippen LogP contribution in [0.25, 0.3) is 0 Å². The minimum Gasteiger partial charge on any atom is -0.495 e. The van der Waals surface area contributed by atoms with Gasteiger partial charge in [-0.2, -0.15) is 0 Å². The van der Waals surface area contributed by atoms with Gasteiger partial charge in [-0.3, -0.25) is 0 Å². The molecule has 0 fully saturated rings.